The zero-order chi connectivity index (χ0) is 22.2. The van der Waals surface area contributed by atoms with Crippen molar-refractivity contribution < 1.29 is 28.5 Å². The molecule has 2 aromatic carbocycles. The van der Waals surface area contributed by atoms with Crippen LogP contribution in [0, 0.1) is 0 Å². The minimum atomic E-state index is -0.698. The number of rotatable bonds is 4. The van der Waals surface area contributed by atoms with Crippen LogP contribution in [0.1, 0.15) is 42.7 Å². The van der Waals surface area contributed by atoms with Gasteiger partial charge in [0, 0.05) is 18.4 Å². The number of hydrogen-bond acceptors (Lipinski definition) is 7. The maximum atomic E-state index is 13.5. The molecule has 7 nitrogen and oxygen atoms in total. The van der Waals surface area contributed by atoms with E-state index in [-0.39, 0.29) is 36.6 Å². The van der Waals surface area contributed by atoms with Crippen LogP contribution >= 0.6 is 0 Å². The lowest BCUT2D eigenvalue weighted by atomic mass is 9.73. The first kappa shape index (κ1) is 20.2. The lowest BCUT2D eigenvalue weighted by Gasteiger charge is -2.35. The molecule has 32 heavy (non-hydrogen) atoms. The standard InChI is InChI=1S/C25H23NO6/c1-2-29-25(28)23-21(15-8-9-18-19(11-15)31-13-30-18)22-17(27)10-16(12-20(22)32-24(23)26)14-6-4-3-5-7-14/h3-9,11,16,21H,2,10,12-13,26H2,1H3/t16-,21+/m1/s1. The molecule has 2 atom stereocenters. The highest BCUT2D eigenvalue weighted by Crippen LogP contribution is 2.48. The fraction of sp³-hybridized carbons (Fsp3) is 0.280. The van der Waals surface area contributed by atoms with E-state index in [1.165, 1.54) is 0 Å². The smallest absolute Gasteiger partial charge is 0.340 e. The van der Waals surface area contributed by atoms with Crippen LogP contribution in [-0.2, 0) is 19.1 Å². The first-order valence-corrected chi connectivity index (χ1v) is 10.6. The predicted molar refractivity (Wildman–Crippen MR) is 115 cm³/mol. The van der Waals surface area contributed by atoms with Gasteiger partial charge < -0.3 is 24.7 Å². The van der Waals surface area contributed by atoms with Crippen LogP contribution in [0.4, 0.5) is 0 Å². The van der Waals surface area contributed by atoms with Gasteiger partial charge in [-0.15, -0.1) is 0 Å². The highest BCUT2D eigenvalue weighted by atomic mass is 16.7. The first-order valence-electron chi connectivity index (χ1n) is 10.6. The molecule has 0 aromatic heterocycles. The van der Waals surface area contributed by atoms with Gasteiger partial charge in [0.25, 0.3) is 0 Å². The Kier molecular flexibility index (Phi) is 5.09. The molecule has 2 heterocycles. The molecule has 7 heteroatoms. The van der Waals surface area contributed by atoms with Gasteiger partial charge >= 0.3 is 5.97 Å². The average Bonchev–Trinajstić information content (AvgIpc) is 3.26. The number of ether oxygens (including phenoxy) is 4. The number of esters is 1. The zero-order valence-electron chi connectivity index (χ0n) is 17.6. The highest BCUT2D eigenvalue weighted by molar-refractivity contribution is 6.03. The number of fused-ring (bicyclic) bond motifs is 1. The maximum Gasteiger partial charge on any atom is 0.340 e. The molecule has 2 aliphatic heterocycles. The number of benzene rings is 2. The van der Waals surface area contributed by atoms with Gasteiger partial charge in [0.2, 0.25) is 12.7 Å². The normalized spacial score (nSPS) is 21.8. The van der Waals surface area contributed by atoms with Crippen LogP contribution in [0.15, 0.2) is 71.3 Å². The Hall–Kier alpha value is -3.74. The second-order valence-corrected chi connectivity index (χ2v) is 7.92. The fourth-order valence-corrected chi connectivity index (χ4v) is 4.60. The lowest BCUT2D eigenvalue weighted by Crippen LogP contribution is -2.33. The van der Waals surface area contributed by atoms with E-state index in [4.69, 9.17) is 24.7 Å². The van der Waals surface area contributed by atoms with Crippen LogP contribution in [0.3, 0.4) is 0 Å². The van der Waals surface area contributed by atoms with Crippen molar-refractivity contribution in [2.45, 2.75) is 31.6 Å². The van der Waals surface area contributed by atoms with Gasteiger partial charge in [0.05, 0.1) is 12.5 Å². The van der Waals surface area contributed by atoms with Gasteiger partial charge in [-0.25, -0.2) is 4.79 Å². The Bertz CT molecular complexity index is 1150. The molecule has 5 rings (SSSR count). The highest BCUT2D eigenvalue weighted by Gasteiger charge is 2.43. The second kappa shape index (κ2) is 8.07. The van der Waals surface area contributed by atoms with Crippen molar-refractivity contribution in [2.24, 2.45) is 5.73 Å². The number of allylic oxidation sites excluding steroid dienone is 2. The van der Waals surface area contributed by atoms with E-state index in [1.54, 1.807) is 19.1 Å². The van der Waals surface area contributed by atoms with E-state index in [2.05, 4.69) is 0 Å². The molecule has 0 saturated carbocycles. The Morgan fingerprint density at radius 2 is 1.84 bits per heavy atom. The zero-order valence-corrected chi connectivity index (χ0v) is 17.6. The Morgan fingerprint density at radius 3 is 2.62 bits per heavy atom. The average molecular weight is 433 g/mol. The third-order valence-corrected chi connectivity index (χ3v) is 6.04. The van der Waals surface area contributed by atoms with E-state index in [1.807, 2.05) is 36.4 Å². The van der Waals surface area contributed by atoms with Crippen molar-refractivity contribution in [1.82, 2.24) is 0 Å². The number of carbonyl (C=O) groups is 2. The van der Waals surface area contributed by atoms with Gasteiger partial charge in [-0.2, -0.15) is 0 Å². The molecule has 0 spiro atoms. The third-order valence-electron chi connectivity index (χ3n) is 6.04. The number of Topliss-reactive ketones (excluding diaryl/α,β-unsaturated/α-hetero) is 1. The predicted octanol–water partition coefficient (Wildman–Crippen LogP) is 3.66. The largest absolute Gasteiger partial charge is 0.462 e. The molecule has 2 aromatic rings. The molecule has 2 N–H and O–H groups in total. The molecule has 3 aliphatic rings. The van der Waals surface area contributed by atoms with Crippen molar-refractivity contribution in [3.63, 3.8) is 0 Å². The van der Waals surface area contributed by atoms with E-state index in [0.29, 0.717) is 41.2 Å². The van der Waals surface area contributed by atoms with Crippen LogP contribution < -0.4 is 15.2 Å². The summed E-state index contributed by atoms with van der Waals surface area (Å²) < 4.78 is 22.1. The number of carbonyl (C=O) groups excluding carboxylic acids is 2. The minimum absolute atomic E-state index is 0.0169. The molecule has 0 fully saturated rings. The SMILES string of the molecule is CCOC(=O)C1=C(N)OC2=C(C(=O)C[C@@H](c3ccccc3)C2)[C@@H]1c1ccc2c(c1)OCO2. The van der Waals surface area contributed by atoms with Crippen molar-refractivity contribution in [3.05, 3.63) is 82.4 Å². The Balaban J connectivity index is 1.60. The molecular formula is C25H23NO6. The Labute approximate surface area is 185 Å². The third kappa shape index (κ3) is 3.39. The second-order valence-electron chi connectivity index (χ2n) is 7.92. The summed E-state index contributed by atoms with van der Waals surface area (Å²) in [7, 11) is 0. The van der Waals surface area contributed by atoms with Gasteiger partial charge in [0.15, 0.2) is 17.3 Å². The van der Waals surface area contributed by atoms with Crippen LogP contribution in [0.5, 0.6) is 11.5 Å². The molecule has 0 saturated heterocycles. The van der Waals surface area contributed by atoms with Crippen LogP contribution in [-0.4, -0.2) is 25.2 Å². The summed E-state index contributed by atoms with van der Waals surface area (Å²) >= 11 is 0. The van der Waals surface area contributed by atoms with E-state index in [9.17, 15) is 9.59 Å². The summed E-state index contributed by atoms with van der Waals surface area (Å²) in [5.41, 5.74) is 8.59. The summed E-state index contributed by atoms with van der Waals surface area (Å²) in [5, 5.41) is 0. The topological polar surface area (TPSA) is 97.1 Å². The fourth-order valence-electron chi connectivity index (χ4n) is 4.60. The molecule has 0 amide bonds. The maximum absolute atomic E-state index is 13.5. The van der Waals surface area contributed by atoms with Crippen molar-refractivity contribution >= 4 is 11.8 Å². The molecule has 1 aliphatic carbocycles. The molecule has 0 unspecified atom stereocenters. The monoisotopic (exact) mass is 433 g/mol. The van der Waals surface area contributed by atoms with E-state index in [0.717, 1.165) is 5.56 Å². The first-order chi connectivity index (χ1) is 15.6. The Morgan fingerprint density at radius 1 is 1.06 bits per heavy atom. The van der Waals surface area contributed by atoms with Gasteiger partial charge in [-0.1, -0.05) is 36.4 Å². The van der Waals surface area contributed by atoms with E-state index < -0.39 is 11.9 Å². The summed E-state index contributed by atoms with van der Waals surface area (Å²) in [6.45, 7) is 2.02. The summed E-state index contributed by atoms with van der Waals surface area (Å²) in [4.78, 5) is 26.3. The minimum Gasteiger partial charge on any atom is -0.462 e. The van der Waals surface area contributed by atoms with Crippen molar-refractivity contribution in [1.29, 1.82) is 0 Å². The lowest BCUT2D eigenvalue weighted by molar-refractivity contribution is -0.139. The number of ketones is 1. The summed E-state index contributed by atoms with van der Waals surface area (Å²) in [6.07, 6.45) is 0.839. The van der Waals surface area contributed by atoms with Gasteiger partial charge in [0.1, 0.15) is 11.3 Å². The summed E-state index contributed by atoms with van der Waals surface area (Å²) in [6, 6.07) is 15.2. The molecule has 0 radical (unpaired) electrons. The number of hydrogen-bond donors (Lipinski definition) is 1. The quantitative estimate of drug-likeness (QED) is 0.735. The van der Waals surface area contributed by atoms with E-state index >= 15 is 0 Å². The summed E-state index contributed by atoms with van der Waals surface area (Å²) in [5.74, 6) is 0.254. The van der Waals surface area contributed by atoms with Gasteiger partial charge in [-0.05, 0) is 36.1 Å². The van der Waals surface area contributed by atoms with Crippen molar-refractivity contribution in [3.8, 4) is 11.5 Å². The van der Waals surface area contributed by atoms with Crippen molar-refractivity contribution in [2.75, 3.05) is 13.4 Å². The van der Waals surface area contributed by atoms with Gasteiger partial charge in [-0.3, -0.25) is 4.79 Å². The molecule has 164 valence electrons. The van der Waals surface area contributed by atoms with Crippen LogP contribution in [0.25, 0.3) is 0 Å². The molecule has 0 bridgehead atoms. The number of nitrogens with two attached hydrogens (primary N) is 1. The van der Waals surface area contributed by atoms with Crippen LogP contribution in [0.2, 0.25) is 0 Å². The molecular weight excluding hydrogens is 410 g/mol.